The third kappa shape index (κ3) is 5.51. The van der Waals surface area contributed by atoms with Crippen molar-refractivity contribution in [2.45, 2.75) is 50.2 Å². The van der Waals surface area contributed by atoms with Gasteiger partial charge in [0, 0.05) is 29.8 Å². The van der Waals surface area contributed by atoms with Gasteiger partial charge >= 0.3 is 6.36 Å². The Kier molecular flexibility index (Phi) is 6.49. The maximum Gasteiger partial charge on any atom is 0.573 e. The van der Waals surface area contributed by atoms with Crippen molar-refractivity contribution in [2.75, 3.05) is 18.0 Å². The minimum absolute atomic E-state index is 0.00754. The SMILES string of the molecule is [C-]#[N+]c1ccc(N2CCC(OCc3c(-c4ccccc4OC(F)(F)F)noc3C3CC3)C(F)(F)C2)nc1. The van der Waals surface area contributed by atoms with Gasteiger partial charge in [0.1, 0.15) is 29.1 Å². The molecule has 1 aromatic carbocycles. The first kappa shape index (κ1) is 25.0. The van der Waals surface area contributed by atoms with Crippen LogP contribution in [0.1, 0.15) is 36.5 Å². The van der Waals surface area contributed by atoms with Crippen molar-refractivity contribution < 1.29 is 35.9 Å². The minimum Gasteiger partial charge on any atom is -0.405 e. The van der Waals surface area contributed by atoms with Crippen molar-refractivity contribution in [3.8, 4) is 17.0 Å². The summed E-state index contributed by atoms with van der Waals surface area (Å²) in [6, 6.07) is 8.51. The number of benzene rings is 1. The Hall–Kier alpha value is -3.72. The molecule has 1 aliphatic carbocycles. The Morgan fingerprint density at radius 3 is 2.57 bits per heavy atom. The Bertz CT molecular complexity index is 1300. The molecule has 3 heterocycles. The van der Waals surface area contributed by atoms with Gasteiger partial charge < -0.3 is 18.9 Å². The van der Waals surface area contributed by atoms with Crippen LogP contribution in [0.25, 0.3) is 16.1 Å². The number of hydrogen-bond acceptors (Lipinski definition) is 6. The molecule has 2 fully saturated rings. The standard InChI is InChI=1S/C25H21F5N4O3/c1-31-16-8-9-21(32-12-16)34-11-10-20(24(26,27)14-34)35-13-18-22(33-37-23(18)15-6-7-15)17-4-2-3-5-19(17)36-25(28,29)30/h2-5,8-9,12,15,20H,6-7,10-11,13-14H2. The Morgan fingerprint density at radius 2 is 1.92 bits per heavy atom. The van der Waals surface area contributed by atoms with E-state index in [1.165, 1.54) is 41.4 Å². The highest BCUT2D eigenvalue weighted by molar-refractivity contribution is 5.70. The van der Waals surface area contributed by atoms with Crippen molar-refractivity contribution in [3.05, 3.63) is 65.3 Å². The first-order chi connectivity index (χ1) is 17.6. The van der Waals surface area contributed by atoms with Crippen LogP contribution in [0, 0.1) is 6.57 Å². The van der Waals surface area contributed by atoms with Gasteiger partial charge in [-0.1, -0.05) is 23.4 Å². The molecule has 2 aliphatic rings. The number of para-hydroxylation sites is 1. The zero-order valence-electron chi connectivity index (χ0n) is 19.3. The number of pyridine rings is 1. The van der Waals surface area contributed by atoms with Gasteiger partial charge in [0.25, 0.3) is 5.92 Å². The lowest BCUT2D eigenvalue weighted by molar-refractivity contribution is -0.274. The normalized spacial score (nSPS) is 19.5. The number of anilines is 1. The topological polar surface area (TPSA) is 65.0 Å². The molecule has 0 radical (unpaired) electrons. The fourth-order valence-corrected chi connectivity index (χ4v) is 4.35. The van der Waals surface area contributed by atoms with Crippen LogP contribution in [0.3, 0.4) is 0 Å². The summed E-state index contributed by atoms with van der Waals surface area (Å²) in [5, 5.41) is 3.98. The van der Waals surface area contributed by atoms with Crippen LogP contribution in [0.2, 0.25) is 0 Å². The Balaban J connectivity index is 1.35. The van der Waals surface area contributed by atoms with Gasteiger partial charge in [-0.2, -0.15) is 0 Å². The predicted molar refractivity (Wildman–Crippen MR) is 121 cm³/mol. The van der Waals surface area contributed by atoms with Crippen molar-refractivity contribution in [3.63, 3.8) is 0 Å². The number of piperidine rings is 1. The molecule has 2 aromatic heterocycles. The van der Waals surface area contributed by atoms with E-state index in [9.17, 15) is 13.2 Å². The maximum absolute atomic E-state index is 15.1. The van der Waals surface area contributed by atoms with E-state index in [1.807, 2.05) is 0 Å². The second-order valence-corrected chi connectivity index (χ2v) is 8.95. The summed E-state index contributed by atoms with van der Waals surface area (Å²) in [5.74, 6) is -2.91. The lowest BCUT2D eigenvalue weighted by Crippen LogP contribution is -2.52. The number of hydrogen-bond donors (Lipinski definition) is 0. The summed E-state index contributed by atoms with van der Waals surface area (Å²) < 4.78 is 84.3. The zero-order valence-corrected chi connectivity index (χ0v) is 19.3. The summed E-state index contributed by atoms with van der Waals surface area (Å²) in [4.78, 5) is 8.77. The largest absolute Gasteiger partial charge is 0.573 e. The molecular weight excluding hydrogens is 499 g/mol. The van der Waals surface area contributed by atoms with Crippen LogP contribution in [0.4, 0.5) is 33.5 Å². The molecule has 194 valence electrons. The molecule has 1 atom stereocenters. The van der Waals surface area contributed by atoms with E-state index >= 15 is 8.78 Å². The van der Waals surface area contributed by atoms with Crippen LogP contribution in [-0.4, -0.2) is 41.6 Å². The zero-order chi connectivity index (χ0) is 26.2. The molecule has 37 heavy (non-hydrogen) atoms. The number of alkyl halides is 5. The smallest absolute Gasteiger partial charge is 0.405 e. The molecular formula is C25H21F5N4O3. The Labute approximate surface area is 208 Å². The van der Waals surface area contributed by atoms with Crippen LogP contribution < -0.4 is 9.64 Å². The molecule has 0 N–H and O–H groups in total. The highest BCUT2D eigenvalue weighted by Crippen LogP contribution is 2.46. The quantitative estimate of drug-likeness (QED) is 0.262. The summed E-state index contributed by atoms with van der Waals surface area (Å²) >= 11 is 0. The minimum atomic E-state index is -4.92. The predicted octanol–water partition coefficient (Wildman–Crippen LogP) is 6.49. The number of aromatic nitrogens is 2. The molecule has 0 bridgehead atoms. The molecule has 1 aliphatic heterocycles. The van der Waals surface area contributed by atoms with Crippen LogP contribution in [0.5, 0.6) is 5.75 Å². The van der Waals surface area contributed by atoms with Crippen molar-refractivity contribution in [2.24, 2.45) is 0 Å². The molecule has 1 saturated heterocycles. The number of halogens is 5. The van der Waals surface area contributed by atoms with Crippen LogP contribution >= 0.6 is 0 Å². The fourth-order valence-electron chi connectivity index (χ4n) is 4.35. The first-order valence-corrected chi connectivity index (χ1v) is 11.6. The van der Waals surface area contributed by atoms with Crippen molar-refractivity contribution >= 4 is 11.5 Å². The first-order valence-electron chi connectivity index (χ1n) is 11.6. The van der Waals surface area contributed by atoms with Gasteiger partial charge in [0.2, 0.25) is 5.69 Å². The number of nitrogens with zero attached hydrogens (tertiary/aromatic N) is 4. The van der Waals surface area contributed by atoms with E-state index in [4.69, 9.17) is 15.8 Å². The highest BCUT2D eigenvalue weighted by Gasteiger charge is 2.46. The van der Waals surface area contributed by atoms with Crippen molar-refractivity contribution in [1.29, 1.82) is 0 Å². The molecule has 0 spiro atoms. The van der Waals surface area contributed by atoms with Gasteiger partial charge in [-0.15, -0.1) is 13.2 Å². The van der Waals surface area contributed by atoms with E-state index in [2.05, 4.69) is 19.7 Å². The molecule has 12 heteroatoms. The average molecular weight is 520 g/mol. The molecule has 1 saturated carbocycles. The third-order valence-electron chi connectivity index (χ3n) is 6.28. The van der Waals surface area contributed by atoms with Gasteiger partial charge in [0.05, 0.1) is 19.7 Å². The second kappa shape index (κ2) is 9.63. The van der Waals surface area contributed by atoms with Crippen molar-refractivity contribution in [1.82, 2.24) is 10.1 Å². The molecule has 1 unspecified atom stereocenters. The Morgan fingerprint density at radius 1 is 1.14 bits per heavy atom. The lowest BCUT2D eigenvalue weighted by atomic mass is 10.0. The summed E-state index contributed by atoms with van der Waals surface area (Å²) in [6.45, 7) is 6.30. The fraction of sp³-hybridized carbons (Fsp3) is 0.400. The van der Waals surface area contributed by atoms with Gasteiger partial charge in [-0.05, 0) is 37.5 Å². The number of rotatable bonds is 7. The van der Waals surface area contributed by atoms with Gasteiger partial charge in [0.15, 0.2) is 0 Å². The monoisotopic (exact) mass is 520 g/mol. The van der Waals surface area contributed by atoms with Gasteiger partial charge in [-0.3, -0.25) is 4.98 Å². The van der Waals surface area contributed by atoms with E-state index in [0.717, 1.165) is 18.9 Å². The van der Waals surface area contributed by atoms with Crippen LogP contribution in [0.15, 0.2) is 47.1 Å². The summed E-state index contributed by atoms with van der Waals surface area (Å²) in [7, 11) is 0. The molecule has 3 aromatic rings. The molecule has 5 rings (SSSR count). The van der Waals surface area contributed by atoms with E-state index in [0.29, 0.717) is 22.8 Å². The second-order valence-electron chi connectivity index (χ2n) is 8.95. The average Bonchev–Trinajstić information content (AvgIpc) is 3.62. The molecule has 7 nitrogen and oxygen atoms in total. The van der Waals surface area contributed by atoms with E-state index < -0.39 is 30.7 Å². The lowest BCUT2D eigenvalue weighted by Gasteiger charge is -2.38. The van der Waals surface area contributed by atoms with E-state index in [1.54, 1.807) is 0 Å². The van der Waals surface area contributed by atoms with Crippen LogP contribution in [-0.2, 0) is 11.3 Å². The molecule has 0 amide bonds. The maximum atomic E-state index is 15.1. The van der Waals surface area contributed by atoms with Gasteiger partial charge in [-0.25, -0.2) is 13.6 Å². The van der Waals surface area contributed by atoms with E-state index in [-0.39, 0.29) is 36.7 Å². The third-order valence-corrected chi connectivity index (χ3v) is 6.28. The number of ether oxygens (including phenoxy) is 2. The summed E-state index contributed by atoms with van der Waals surface area (Å²) in [5.41, 5.74) is 0.762. The summed E-state index contributed by atoms with van der Waals surface area (Å²) in [6.07, 6.45) is -3.42. The highest BCUT2D eigenvalue weighted by atomic mass is 19.4.